The van der Waals surface area contributed by atoms with Gasteiger partial charge in [-0.2, -0.15) is 0 Å². The summed E-state index contributed by atoms with van der Waals surface area (Å²) in [5, 5.41) is 3.13. The van der Waals surface area contributed by atoms with Crippen LogP contribution in [0.1, 0.15) is 38.7 Å². The van der Waals surface area contributed by atoms with Crippen molar-refractivity contribution in [2.75, 3.05) is 0 Å². The Bertz CT molecular complexity index is 432. The molecule has 0 heterocycles. The van der Waals surface area contributed by atoms with Crippen molar-refractivity contribution < 1.29 is 4.79 Å². The number of rotatable bonds is 4. The van der Waals surface area contributed by atoms with Crippen LogP contribution >= 0.6 is 0 Å². The number of hydrogen-bond donors (Lipinski definition) is 2. The normalized spacial score (nSPS) is 27.9. The second kappa shape index (κ2) is 6.89. The first-order valence-electron chi connectivity index (χ1n) is 7.66. The molecule has 110 valence electrons. The van der Waals surface area contributed by atoms with E-state index < -0.39 is 6.04 Å². The average Bonchev–Trinajstić information content (AvgIpc) is 2.44. The van der Waals surface area contributed by atoms with Crippen LogP contribution in [0.15, 0.2) is 30.3 Å². The van der Waals surface area contributed by atoms with Crippen LogP contribution in [0.4, 0.5) is 0 Å². The van der Waals surface area contributed by atoms with Crippen molar-refractivity contribution in [1.29, 1.82) is 0 Å². The minimum atomic E-state index is -0.452. The summed E-state index contributed by atoms with van der Waals surface area (Å²) in [6.45, 7) is 4.57. The molecule has 1 aliphatic carbocycles. The zero-order chi connectivity index (χ0) is 14.5. The minimum Gasteiger partial charge on any atom is -0.352 e. The Morgan fingerprint density at radius 3 is 2.60 bits per heavy atom. The number of carbonyl (C=O) groups excluding carboxylic acids is 1. The Balaban J connectivity index is 1.82. The molecule has 20 heavy (non-hydrogen) atoms. The molecule has 4 atom stereocenters. The number of nitrogens with two attached hydrogens (primary N) is 1. The smallest absolute Gasteiger partial charge is 0.237 e. The Hall–Kier alpha value is -1.35. The Kier molecular flexibility index (Phi) is 5.18. The molecule has 2 rings (SSSR count). The highest BCUT2D eigenvalue weighted by atomic mass is 16.2. The predicted molar refractivity (Wildman–Crippen MR) is 82.2 cm³/mol. The molecule has 0 aliphatic heterocycles. The first-order chi connectivity index (χ1) is 9.56. The summed E-state index contributed by atoms with van der Waals surface area (Å²) < 4.78 is 0. The van der Waals surface area contributed by atoms with Crippen LogP contribution in [0.3, 0.4) is 0 Å². The lowest BCUT2D eigenvalue weighted by atomic mass is 9.79. The summed E-state index contributed by atoms with van der Waals surface area (Å²) in [5.41, 5.74) is 7.13. The Morgan fingerprint density at radius 1 is 1.25 bits per heavy atom. The van der Waals surface area contributed by atoms with Crippen molar-refractivity contribution in [3.63, 3.8) is 0 Å². The van der Waals surface area contributed by atoms with Gasteiger partial charge in [0.1, 0.15) is 0 Å². The van der Waals surface area contributed by atoms with E-state index in [1.807, 2.05) is 30.3 Å². The molecule has 3 heteroatoms. The molecule has 0 bridgehead atoms. The van der Waals surface area contributed by atoms with Crippen molar-refractivity contribution in [3.05, 3.63) is 35.9 Å². The number of hydrogen-bond acceptors (Lipinski definition) is 2. The third-order valence-electron chi connectivity index (χ3n) is 4.58. The van der Waals surface area contributed by atoms with Gasteiger partial charge in [-0.25, -0.2) is 0 Å². The molecule has 1 amide bonds. The molecule has 3 nitrogen and oxygen atoms in total. The summed E-state index contributed by atoms with van der Waals surface area (Å²) >= 11 is 0. The van der Waals surface area contributed by atoms with Crippen LogP contribution in [-0.4, -0.2) is 18.0 Å². The molecule has 3 N–H and O–H groups in total. The van der Waals surface area contributed by atoms with E-state index in [1.165, 1.54) is 6.42 Å². The number of benzene rings is 1. The lowest BCUT2D eigenvalue weighted by Gasteiger charge is -2.33. The lowest BCUT2D eigenvalue weighted by Crippen LogP contribution is -2.48. The number of nitrogens with one attached hydrogen (secondary N) is 1. The Morgan fingerprint density at radius 2 is 1.95 bits per heavy atom. The molecule has 1 aromatic rings. The molecule has 1 fully saturated rings. The van der Waals surface area contributed by atoms with E-state index in [1.54, 1.807) is 0 Å². The van der Waals surface area contributed by atoms with Gasteiger partial charge in [0.15, 0.2) is 0 Å². The molecular formula is C17H26N2O. The van der Waals surface area contributed by atoms with E-state index in [0.717, 1.165) is 24.3 Å². The van der Waals surface area contributed by atoms with E-state index in [4.69, 9.17) is 5.73 Å². The summed E-state index contributed by atoms with van der Waals surface area (Å²) in [6.07, 6.45) is 3.95. The first-order valence-corrected chi connectivity index (χ1v) is 7.66. The molecule has 3 unspecified atom stereocenters. The van der Waals surface area contributed by atoms with Crippen molar-refractivity contribution in [2.24, 2.45) is 17.6 Å². The first kappa shape index (κ1) is 15.0. The van der Waals surface area contributed by atoms with Crippen LogP contribution in [0.5, 0.6) is 0 Å². The van der Waals surface area contributed by atoms with E-state index in [-0.39, 0.29) is 5.91 Å². The highest BCUT2D eigenvalue weighted by Crippen LogP contribution is 2.29. The maximum Gasteiger partial charge on any atom is 0.237 e. The number of carbonyl (C=O) groups is 1. The zero-order valence-corrected chi connectivity index (χ0v) is 12.5. The third kappa shape index (κ3) is 4.07. The Labute approximate surface area is 121 Å². The van der Waals surface area contributed by atoms with E-state index in [0.29, 0.717) is 18.4 Å². The third-order valence-corrected chi connectivity index (χ3v) is 4.58. The topological polar surface area (TPSA) is 55.1 Å². The maximum atomic E-state index is 12.2. The maximum absolute atomic E-state index is 12.2. The molecule has 0 aromatic heterocycles. The fourth-order valence-corrected chi connectivity index (χ4v) is 2.95. The van der Waals surface area contributed by atoms with Crippen molar-refractivity contribution >= 4 is 5.91 Å². The van der Waals surface area contributed by atoms with E-state index >= 15 is 0 Å². The monoisotopic (exact) mass is 274 g/mol. The number of amides is 1. The van der Waals surface area contributed by atoms with E-state index in [9.17, 15) is 4.79 Å². The summed E-state index contributed by atoms with van der Waals surface area (Å²) in [4.78, 5) is 12.2. The molecule has 0 radical (unpaired) electrons. The summed E-state index contributed by atoms with van der Waals surface area (Å²) in [6, 6.07) is 9.80. The van der Waals surface area contributed by atoms with Gasteiger partial charge in [-0.15, -0.1) is 0 Å². The molecule has 0 spiro atoms. The second-order valence-corrected chi connectivity index (χ2v) is 6.27. The van der Waals surface area contributed by atoms with Gasteiger partial charge in [0.2, 0.25) is 5.91 Å². The SMILES string of the molecule is CC1CCC(NC(=O)[C@H](N)Cc2ccccc2)CC1C. The lowest BCUT2D eigenvalue weighted by molar-refractivity contribution is -0.123. The van der Waals surface area contributed by atoms with Gasteiger partial charge in [0.25, 0.3) is 0 Å². The minimum absolute atomic E-state index is 0.0133. The van der Waals surface area contributed by atoms with Gasteiger partial charge >= 0.3 is 0 Å². The van der Waals surface area contributed by atoms with Gasteiger partial charge in [0.05, 0.1) is 6.04 Å². The molecule has 1 saturated carbocycles. The quantitative estimate of drug-likeness (QED) is 0.886. The van der Waals surface area contributed by atoms with Gasteiger partial charge in [-0.1, -0.05) is 44.2 Å². The van der Waals surface area contributed by atoms with Crippen molar-refractivity contribution in [2.45, 2.75) is 51.6 Å². The van der Waals surface area contributed by atoms with Crippen molar-refractivity contribution in [3.8, 4) is 0 Å². The van der Waals surface area contributed by atoms with Gasteiger partial charge in [0, 0.05) is 6.04 Å². The summed E-state index contributed by atoms with van der Waals surface area (Å²) in [5.74, 6) is 1.43. The molecule has 1 aromatic carbocycles. The summed E-state index contributed by atoms with van der Waals surface area (Å²) in [7, 11) is 0. The van der Waals surface area contributed by atoms with Gasteiger partial charge in [-0.3, -0.25) is 4.79 Å². The van der Waals surface area contributed by atoms with Crippen LogP contribution in [0, 0.1) is 11.8 Å². The van der Waals surface area contributed by atoms with Crippen LogP contribution < -0.4 is 11.1 Å². The fourth-order valence-electron chi connectivity index (χ4n) is 2.95. The average molecular weight is 274 g/mol. The largest absolute Gasteiger partial charge is 0.352 e. The molecular weight excluding hydrogens is 248 g/mol. The molecule has 1 aliphatic rings. The standard InChI is InChI=1S/C17H26N2O/c1-12-8-9-15(10-13(12)2)19-17(20)16(18)11-14-6-4-3-5-7-14/h3-7,12-13,15-16H,8-11,18H2,1-2H3,(H,19,20)/t12?,13?,15?,16-/m1/s1. The predicted octanol–water partition coefficient (Wildman–Crippen LogP) is 2.50. The second-order valence-electron chi connectivity index (χ2n) is 6.27. The van der Waals surface area contributed by atoms with Gasteiger partial charge < -0.3 is 11.1 Å². The van der Waals surface area contributed by atoms with Crippen LogP contribution in [-0.2, 0) is 11.2 Å². The highest BCUT2D eigenvalue weighted by Gasteiger charge is 2.26. The highest BCUT2D eigenvalue weighted by molar-refractivity contribution is 5.82. The van der Waals surface area contributed by atoms with Crippen LogP contribution in [0.25, 0.3) is 0 Å². The van der Waals surface area contributed by atoms with Crippen LogP contribution in [0.2, 0.25) is 0 Å². The molecule has 0 saturated heterocycles. The van der Waals surface area contributed by atoms with E-state index in [2.05, 4.69) is 19.2 Å². The van der Waals surface area contributed by atoms with Gasteiger partial charge in [-0.05, 0) is 43.1 Å². The fraction of sp³-hybridized carbons (Fsp3) is 0.588. The van der Waals surface area contributed by atoms with Crippen molar-refractivity contribution in [1.82, 2.24) is 5.32 Å². The zero-order valence-electron chi connectivity index (χ0n) is 12.5.